The van der Waals surface area contributed by atoms with Crippen LogP contribution in [-0.4, -0.2) is 39.0 Å². The van der Waals surface area contributed by atoms with Gasteiger partial charge in [0.1, 0.15) is 16.4 Å². The summed E-state index contributed by atoms with van der Waals surface area (Å²) in [5.41, 5.74) is 0. The molecule has 7 heteroatoms. The van der Waals surface area contributed by atoms with E-state index in [-0.39, 0.29) is 16.8 Å². The Morgan fingerprint density at radius 3 is 2.60 bits per heavy atom. The first-order chi connectivity index (χ1) is 9.38. The molecule has 0 radical (unpaired) electrons. The number of methoxy groups -OCH3 is 1. The normalized spacial score (nSPS) is 13.9. The monoisotopic (exact) mass is 323 g/mol. The molecular weight excluding hydrogens is 302 g/mol. The number of sulfonamides is 1. The minimum atomic E-state index is -3.60. The Bertz CT molecular complexity index is 526. The van der Waals surface area contributed by atoms with Crippen LogP contribution in [0.2, 0.25) is 0 Å². The summed E-state index contributed by atoms with van der Waals surface area (Å²) in [4.78, 5) is 0.185. The average Bonchev–Trinajstić information content (AvgIpc) is 2.80. The molecule has 0 aromatic carbocycles. The van der Waals surface area contributed by atoms with Gasteiger partial charge in [0.2, 0.25) is 10.0 Å². The summed E-state index contributed by atoms with van der Waals surface area (Å²) in [5, 5.41) is 0. The highest BCUT2D eigenvalue weighted by molar-refractivity contribution is 7.89. The molecule has 0 bridgehead atoms. The first-order valence-electron chi connectivity index (χ1n) is 6.54. The summed E-state index contributed by atoms with van der Waals surface area (Å²) in [7, 11) is -2.05. The van der Waals surface area contributed by atoms with Gasteiger partial charge in [-0.15, -0.1) is 11.6 Å². The number of ether oxygens (including phenoxy) is 1. The molecule has 116 valence electrons. The van der Waals surface area contributed by atoms with Crippen molar-refractivity contribution in [3.8, 4) is 0 Å². The summed E-state index contributed by atoms with van der Waals surface area (Å²) in [6.45, 7) is 6.13. The zero-order valence-corrected chi connectivity index (χ0v) is 13.9. The van der Waals surface area contributed by atoms with Crippen molar-refractivity contribution in [1.82, 2.24) is 4.31 Å². The van der Waals surface area contributed by atoms with E-state index in [0.717, 1.165) is 6.42 Å². The maximum Gasteiger partial charge on any atom is 0.246 e. The first-order valence-corrected chi connectivity index (χ1v) is 8.52. The third-order valence-electron chi connectivity index (χ3n) is 3.24. The zero-order chi connectivity index (χ0) is 15.3. The largest absolute Gasteiger partial charge is 0.464 e. The number of furan rings is 1. The maximum atomic E-state index is 12.8. The lowest BCUT2D eigenvalue weighted by molar-refractivity contribution is 0.167. The molecule has 0 aliphatic rings. The second-order valence-electron chi connectivity index (χ2n) is 4.63. The molecule has 0 saturated carbocycles. The molecular formula is C13H22ClNO4S. The van der Waals surface area contributed by atoms with Crippen LogP contribution in [0.25, 0.3) is 0 Å². The molecule has 0 spiro atoms. The summed E-state index contributed by atoms with van der Waals surface area (Å²) in [5.74, 6) is 0.975. The van der Waals surface area contributed by atoms with E-state index < -0.39 is 10.0 Å². The molecule has 1 rings (SSSR count). The van der Waals surface area contributed by atoms with E-state index in [1.54, 1.807) is 14.0 Å². The third kappa shape index (κ3) is 3.75. The van der Waals surface area contributed by atoms with Crippen molar-refractivity contribution in [1.29, 1.82) is 0 Å². The van der Waals surface area contributed by atoms with Gasteiger partial charge in [0.05, 0.1) is 12.5 Å². The lowest BCUT2D eigenvalue weighted by Gasteiger charge is -2.27. The van der Waals surface area contributed by atoms with Gasteiger partial charge in [-0.3, -0.25) is 0 Å². The van der Waals surface area contributed by atoms with Crippen molar-refractivity contribution < 1.29 is 17.6 Å². The minimum Gasteiger partial charge on any atom is -0.464 e. The quantitative estimate of drug-likeness (QED) is 0.690. The van der Waals surface area contributed by atoms with Gasteiger partial charge in [0.25, 0.3) is 0 Å². The highest BCUT2D eigenvalue weighted by atomic mass is 35.5. The van der Waals surface area contributed by atoms with E-state index in [9.17, 15) is 8.42 Å². The standard InChI is InChI=1S/C13H22ClNO4S/c1-5-10(2)15(6-7-18-4)20(16,17)13-8-12(9-14)19-11(13)3/h8,10H,5-7,9H2,1-4H3. The van der Waals surface area contributed by atoms with Gasteiger partial charge < -0.3 is 9.15 Å². The van der Waals surface area contributed by atoms with E-state index >= 15 is 0 Å². The van der Waals surface area contributed by atoms with Crippen LogP contribution in [-0.2, 0) is 20.6 Å². The van der Waals surface area contributed by atoms with E-state index in [2.05, 4.69) is 0 Å². The molecule has 1 unspecified atom stereocenters. The molecule has 20 heavy (non-hydrogen) atoms. The summed E-state index contributed by atoms with van der Waals surface area (Å²) in [6, 6.07) is 1.39. The van der Waals surface area contributed by atoms with Gasteiger partial charge in [-0.2, -0.15) is 4.31 Å². The number of rotatable bonds is 8. The van der Waals surface area contributed by atoms with E-state index in [1.165, 1.54) is 10.4 Å². The van der Waals surface area contributed by atoms with Crippen molar-refractivity contribution in [2.45, 2.75) is 44.0 Å². The average molecular weight is 324 g/mol. The zero-order valence-electron chi connectivity index (χ0n) is 12.3. The molecule has 0 aliphatic carbocycles. The number of nitrogens with zero attached hydrogens (tertiary/aromatic N) is 1. The van der Waals surface area contributed by atoms with E-state index in [4.69, 9.17) is 20.8 Å². The SMILES string of the molecule is CCC(C)N(CCOC)S(=O)(=O)c1cc(CCl)oc1C. The molecule has 5 nitrogen and oxygen atoms in total. The molecule has 1 aromatic rings. The fourth-order valence-electron chi connectivity index (χ4n) is 1.93. The Labute approximate surface area is 125 Å². The fourth-order valence-corrected chi connectivity index (χ4v) is 3.94. The summed E-state index contributed by atoms with van der Waals surface area (Å²) >= 11 is 5.69. The van der Waals surface area contributed by atoms with Gasteiger partial charge in [-0.25, -0.2) is 8.42 Å². The van der Waals surface area contributed by atoms with Gasteiger partial charge >= 0.3 is 0 Å². The lowest BCUT2D eigenvalue weighted by atomic mass is 10.3. The van der Waals surface area contributed by atoms with Crippen LogP contribution in [0.4, 0.5) is 0 Å². The van der Waals surface area contributed by atoms with Crippen molar-refractivity contribution in [3.63, 3.8) is 0 Å². The molecule has 1 aromatic heterocycles. The fraction of sp³-hybridized carbons (Fsp3) is 0.692. The summed E-state index contributed by atoms with van der Waals surface area (Å²) in [6.07, 6.45) is 0.724. The highest BCUT2D eigenvalue weighted by Gasteiger charge is 2.31. The topological polar surface area (TPSA) is 59.8 Å². The molecule has 1 heterocycles. The Morgan fingerprint density at radius 1 is 1.50 bits per heavy atom. The van der Waals surface area contributed by atoms with Gasteiger partial charge in [-0.1, -0.05) is 6.92 Å². The van der Waals surface area contributed by atoms with Crippen LogP contribution in [0.15, 0.2) is 15.4 Å². The van der Waals surface area contributed by atoms with Gasteiger partial charge in [0.15, 0.2) is 0 Å². The molecule has 1 atom stereocenters. The molecule has 0 aliphatic heterocycles. The van der Waals surface area contributed by atoms with Gasteiger partial charge in [0, 0.05) is 25.8 Å². The van der Waals surface area contributed by atoms with Crippen molar-refractivity contribution >= 4 is 21.6 Å². The Hall–Kier alpha value is -0.560. The Morgan fingerprint density at radius 2 is 2.15 bits per heavy atom. The highest BCUT2D eigenvalue weighted by Crippen LogP contribution is 2.26. The van der Waals surface area contributed by atoms with Crippen LogP contribution in [0.1, 0.15) is 31.8 Å². The molecule has 0 saturated heterocycles. The van der Waals surface area contributed by atoms with E-state index in [1.807, 2.05) is 13.8 Å². The Balaban J connectivity index is 3.17. The van der Waals surface area contributed by atoms with Crippen LogP contribution in [0.3, 0.4) is 0 Å². The second kappa shape index (κ2) is 7.45. The van der Waals surface area contributed by atoms with Crippen molar-refractivity contribution in [3.05, 3.63) is 17.6 Å². The first kappa shape index (κ1) is 17.5. The summed E-state index contributed by atoms with van der Waals surface area (Å²) < 4.78 is 37.3. The number of hydrogen-bond donors (Lipinski definition) is 0. The number of hydrogen-bond acceptors (Lipinski definition) is 4. The predicted molar refractivity (Wildman–Crippen MR) is 78.5 cm³/mol. The van der Waals surface area contributed by atoms with E-state index in [0.29, 0.717) is 24.7 Å². The lowest BCUT2D eigenvalue weighted by Crippen LogP contribution is -2.40. The number of aryl methyl sites for hydroxylation is 1. The van der Waals surface area contributed by atoms with Crippen molar-refractivity contribution in [2.75, 3.05) is 20.3 Å². The van der Waals surface area contributed by atoms with Crippen molar-refractivity contribution in [2.24, 2.45) is 0 Å². The van der Waals surface area contributed by atoms with Crippen LogP contribution < -0.4 is 0 Å². The number of halogens is 1. The maximum absolute atomic E-state index is 12.8. The minimum absolute atomic E-state index is 0.107. The molecule has 0 amide bonds. The van der Waals surface area contributed by atoms with Crippen LogP contribution >= 0.6 is 11.6 Å². The predicted octanol–water partition coefficient (Wildman–Crippen LogP) is 2.76. The Kier molecular flexibility index (Phi) is 6.51. The second-order valence-corrected chi connectivity index (χ2v) is 6.76. The van der Waals surface area contributed by atoms with Gasteiger partial charge in [-0.05, 0) is 20.3 Å². The van der Waals surface area contributed by atoms with Crippen LogP contribution in [0, 0.1) is 6.92 Å². The number of alkyl halides is 1. The smallest absolute Gasteiger partial charge is 0.246 e. The third-order valence-corrected chi connectivity index (χ3v) is 5.62. The molecule has 0 fully saturated rings. The molecule has 0 N–H and O–H groups in total. The van der Waals surface area contributed by atoms with Crippen LogP contribution in [0.5, 0.6) is 0 Å².